The zero-order chi connectivity index (χ0) is 17.3. The summed E-state index contributed by atoms with van der Waals surface area (Å²) in [6, 6.07) is 6.61. The van der Waals surface area contributed by atoms with Gasteiger partial charge in [0.2, 0.25) is 10.0 Å². The Balaban J connectivity index is 2.03. The van der Waals surface area contributed by atoms with E-state index >= 15 is 0 Å². The van der Waals surface area contributed by atoms with Gasteiger partial charge in [-0.25, -0.2) is 13.2 Å². The molecule has 1 aliphatic rings. The molecule has 0 atom stereocenters. The van der Waals surface area contributed by atoms with Gasteiger partial charge in [-0.1, -0.05) is 22.0 Å². The number of halogens is 1. The largest absolute Gasteiger partial charge is 0.444 e. The SMILES string of the molecule is CC(C)(C)OC(=O)N1CCN(S(=O)(=O)c2cccc(Br)c2)CC1. The Hall–Kier alpha value is -1.12. The molecule has 2 rings (SSSR count). The molecule has 1 saturated heterocycles. The van der Waals surface area contributed by atoms with Crippen molar-refractivity contribution in [2.24, 2.45) is 0 Å². The van der Waals surface area contributed by atoms with E-state index in [0.717, 1.165) is 0 Å². The minimum atomic E-state index is -3.54. The summed E-state index contributed by atoms with van der Waals surface area (Å²) < 4.78 is 32.7. The molecule has 23 heavy (non-hydrogen) atoms. The highest BCUT2D eigenvalue weighted by Crippen LogP contribution is 2.21. The van der Waals surface area contributed by atoms with Crippen molar-refractivity contribution >= 4 is 32.0 Å². The van der Waals surface area contributed by atoms with Crippen molar-refractivity contribution in [3.8, 4) is 0 Å². The summed E-state index contributed by atoms with van der Waals surface area (Å²) >= 11 is 3.28. The topological polar surface area (TPSA) is 66.9 Å². The summed E-state index contributed by atoms with van der Waals surface area (Å²) in [4.78, 5) is 13.8. The van der Waals surface area contributed by atoms with Crippen LogP contribution in [-0.2, 0) is 14.8 Å². The predicted octanol–water partition coefficient (Wildman–Crippen LogP) is 2.69. The van der Waals surface area contributed by atoms with Gasteiger partial charge in [-0.05, 0) is 39.0 Å². The molecular formula is C15H21BrN2O4S. The van der Waals surface area contributed by atoms with E-state index in [-0.39, 0.29) is 18.0 Å². The smallest absolute Gasteiger partial charge is 0.410 e. The second kappa shape index (κ2) is 6.78. The summed E-state index contributed by atoms with van der Waals surface area (Å²) in [6.45, 7) is 6.57. The molecule has 0 bridgehead atoms. The van der Waals surface area contributed by atoms with E-state index in [9.17, 15) is 13.2 Å². The number of hydrogen-bond donors (Lipinski definition) is 0. The van der Waals surface area contributed by atoms with E-state index in [1.165, 1.54) is 9.21 Å². The zero-order valence-corrected chi connectivity index (χ0v) is 15.9. The number of rotatable bonds is 2. The molecule has 1 aliphatic heterocycles. The van der Waals surface area contributed by atoms with Crippen LogP contribution in [0.3, 0.4) is 0 Å². The van der Waals surface area contributed by atoms with Gasteiger partial charge in [0, 0.05) is 30.7 Å². The van der Waals surface area contributed by atoms with Gasteiger partial charge in [-0.2, -0.15) is 4.31 Å². The van der Waals surface area contributed by atoms with Crippen molar-refractivity contribution in [3.05, 3.63) is 28.7 Å². The fourth-order valence-electron chi connectivity index (χ4n) is 2.21. The monoisotopic (exact) mass is 404 g/mol. The fourth-order valence-corrected chi connectivity index (χ4v) is 4.23. The summed E-state index contributed by atoms with van der Waals surface area (Å²) in [7, 11) is -3.54. The molecule has 0 unspecified atom stereocenters. The highest BCUT2D eigenvalue weighted by atomic mass is 79.9. The molecule has 8 heteroatoms. The second-order valence-electron chi connectivity index (χ2n) is 6.33. The lowest BCUT2D eigenvalue weighted by molar-refractivity contribution is 0.0192. The maximum Gasteiger partial charge on any atom is 0.410 e. The molecule has 128 valence electrons. The zero-order valence-electron chi connectivity index (χ0n) is 13.5. The number of sulfonamides is 1. The van der Waals surface area contributed by atoms with Crippen LogP contribution in [-0.4, -0.2) is 55.5 Å². The summed E-state index contributed by atoms with van der Waals surface area (Å²) in [5.74, 6) is 0. The number of carbonyl (C=O) groups excluding carboxylic acids is 1. The van der Waals surface area contributed by atoms with E-state index in [1.54, 1.807) is 45.0 Å². The lowest BCUT2D eigenvalue weighted by atomic mass is 10.2. The number of nitrogens with zero attached hydrogens (tertiary/aromatic N) is 2. The Kier molecular flexibility index (Phi) is 5.37. The highest BCUT2D eigenvalue weighted by molar-refractivity contribution is 9.10. The molecule has 0 N–H and O–H groups in total. The number of piperazine rings is 1. The van der Waals surface area contributed by atoms with E-state index in [2.05, 4.69) is 15.9 Å². The van der Waals surface area contributed by atoms with Crippen LogP contribution in [0.1, 0.15) is 20.8 Å². The molecule has 0 aliphatic carbocycles. The first-order valence-electron chi connectivity index (χ1n) is 7.33. The summed E-state index contributed by atoms with van der Waals surface area (Å²) in [5.41, 5.74) is -0.559. The van der Waals surface area contributed by atoms with Crippen molar-refractivity contribution in [1.29, 1.82) is 0 Å². The highest BCUT2D eigenvalue weighted by Gasteiger charge is 2.31. The first-order valence-corrected chi connectivity index (χ1v) is 9.56. The Morgan fingerprint density at radius 3 is 2.30 bits per heavy atom. The van der Waals surface area contributed by atoms with Gasteiger partial charge in [-0.15, -0.1) is 0 Å². The average molecular weight is 405 g/mol. The standard InChI is InChI=1S/C15H21BrN2O4S/c1-15(2,3)22-14(19)17-7-9-18(10-8-17)23(20,21)13-6-4-5-12(16)11-13/h4-6,11H,7-10H2,1-3H3. The Morgan fingerprint density at radius 1 is 1.17 bits per heavy atom. The third-order valence-electron chi connectivity index (χ3n) is 3.32. The van der Waals surface area contributed by atoms with Crippen LogP contribution in [0, 0.1) is 0 Å². The Bertz CT molecular complexity index is 677. The van der Waals surface area contributed by atoms with E-state index in [0.29, 0.717) is 17.6 Å². The fraction of sp³-hybridized carbons (Fsp3) is 0.533. The minimum Gasteiger partial charge on any atom is -0.444 e. The van der Waals surface area contributed by atoms with Crippen LogP contribution >= 0.6 is 15.9 Å². The van der Waals surface area contributed by atoms with Crippen molar-refractivity contribution in [1.82, 2.24) is 9.21 Å². The van der Waals surface area contributed by atoms with E-state index < -0.39 is 21.7 Å². The number of carbonyl (C=O) groups is 1. The summed E-state index contributed by atoms with van der Waals surface area (Å²) in [6.07, 6.45) is -0.406. The van der Waals surface area contributed by atoms with Crippen LogP contribution < -0.4 is 0 Å². The maximum absolute atomic E-state index is 12.6. The average Bonchev–Trinajstić information content (AvgIpc) is 2.45. The van der Waals surface area contributed by atoms with Crippen LogP contribution in [0.2, 0.25) is 0 Å². The molecule has 1 aromatic rings. The van der Waals surface area contributed by atoms with Gasteiger partial charge in [0.25, 0.3) is 0 Å². The maximum atomic E-state index is 12.6. The van der Waals surface area contributed by atoms with Gasteiger partial charge < -0.3 is 9.64 Å². The lowest BCUT2D eigenvalue weighted by Crippen LogP contribution is -2.51. The van der Waals surface area contributed by atoms with Gasteiger partial charge in [0.15, 0.2) is 0 Å². The predicted molar refractivity (Wildman–Crippen MR) is 90.7 cm³/mol. The van der Waals surface area contributed by atoms with Gasteiger partial charge in [-0.3, -0.25) is 0 Å². The lowest BCUT2D eigenvalue weighted by Gasteiger charge is -2.35. The van der Waals surface area contributed by atoms with Gasteiger partial charge in [0.05, 0.1) is 4.90 Å². The van der Waals surface area contributed by atoms with Crippen LogP contribution in [0.15, 0.2) is 33.6 Å². The Morgan fingerprint density at radius 2 is 1.78 bits per heavy atom. The minimum absolute atomic E-state index is 0.248. The summed E-state index contributed by atoms with van der Waals surface area (Å²) in [5, 5.41) is 0. The van der Waals surface area contributed by atoms with E-state index in [1.807, 2.05) is 0 Å². The van der Waals surface area contributed by atoms with E-state index in [4.69, 9.17) is 4.74 Å². The van der Waals surface area contributed by atoms with Crippen molar-refractivity contribution in [2.45, 2.75) is 31.3 Å². The third kappa shape index (κ3) is 4.68. The van der Waals surface area contributed by atoms with Gasteiger partial charge in [0.1, 0.15) is 5.60 Å². The normalized spacial score (nSPS) is 17.1. The van der Waals surface area contributed by atoms with Crippen molar-refractivity contribution in [2.75, 3.05) is 26.2 Å². The molecular weight excluding hydrogens is 384 g/mol. The molecule has 0 saturated carbocycles. The molecule has 0 aromatic heterocycles. The van der Waals surface area contributed by atoms with Crippen LogP contribution in [0.4, 0.5) is 4.79 Å². The molecule has 1 heterocycles. The number of amides is 1. The quantitative estimate of drug-likeness (QED) is 0.759. The molecule has 0 radical (unpaired) electrons. The van der Waals surface area contributed by atoms with Gasteiger partial charge >= 0.3 is 6.09 Å². The molecule has 0 spiro atoms. The Labute approximate surface area is 145 Å². The van der Waals surface area contributed by atoms with Crippen molar-refractivity contribution < 1.29 is 17.9 Å². The van der Waals surface area contributed by atoms with Crippen LogP contribution in [0.25, 0.3) is 0 Å². The second-order valence-corrected chi connectivity index (χ2v) is 9.18. The molecule has 1 fully saturated rings. The first-order chi connectivity index (χ1) is 10.6. The van der Waals surface area contributed by atoms with Crippen molar-refractivity contribution in [3.63, 3.8) is 0 Å². The molecule has 6 nitrogen and oxygen atoms in total. The number of hydrogen-bond acceptors (Lipinski definition) is 4. The molecule has 1 aromatic carbocycles. The third-order valence-corrected chi connectivity index (χ3v) is 5.71. The molecule has 1 amide bonds. The van der Waals surface area contributed by atoms with Crippen LogP contribution in [0.5, 0.6) is 0 Å². The first kappa shape index (κ1) is 18.2. The number of benzene rings is 1. The number of ether oxygens (including phenoxy) is 1.